The molecular weight excluding hydrogens is 390 g/mol. The van der Waals surface area contributed by atoms with Crippen LogP contribution in [0.15, 0.2) is 52.2 Å². The number of nitrogens with one attached hydrogen (secondary N) is 2. The maximum atomic E-state index is 12.6. The Bertz CT molecular complexity index is 997. The fourth-order valence-electron chi connectivity index (χ4n) is 2.53. The first-order valence-electron chi connectivity index (χ1n) is 8.74. The van der Waals surface area contributed by atoms with E-state index in [2.05, 4.69) is 15.6 Å². The van der Waals surface area contributed by atoms with Crippen molar-refractivity contribution < 1.29 is 9.59 Å². The van der Waals surface area contributed by atoms with Crippen LogP contribution >= 0.6 is 23.1 Å². The minimum atomic E-state index is -0.202. The number of benzene rings is 2. The zero-order valence-corrected chi connectivity index (χ0v) is 17.5. The van der Waals surface area contributed by atoms with E-state index < -0.39 is 0 Å². The second-order valence-corrected chi connectivity index (χ2v) is 8.38. The van der Waals surface area contributed by atoms with Gasteiger partial charge < -0.3 is 10.6 Å². The summed E-state index contributed by atoms with van der Waals surface area (Å²) in [5.41, 5.74) is 4.77. The Morgan fingerprint density at radius 3 is 2.39 bits per heavy atom. The predicted octanol–water partition coefficient (Wildman–Crippen LogP) is 4.66. The summed E-state index contributed by atoms with van der Waals surface area (Å²) in [6.45, 7) is 3.88. The van der Waals surface area contributed by atoms with Crippen LogP contribution in [0.3, 0.4) is 0 Å². The lowest BCUT2D eigenvalue weighted by molar-refractivity contribution is 0.0961. The maximum Gasteiger partial charge on any atom is 0.255 e. The smallest absolute Gasteiger partial charge is 0.255 e. The summed E-state index contributed by atoms with van der Waals surface area (Å²) in [6.07, 6.45) is 0. The number of hydrogen-bond acceptors (Lipinski definition) is 5. The molecule has 0 spiro atoms. The molecule has 0 aliphatic carbocycles. The second kappa shape index (κ2) is 9.03. The number of thiazole rings is 1. The lowest BCUT2D eigenvalue weighted by Gasteiger charge is -2.11. The molecule has 0 radical (unpaired) electrons. The molecule has 0 atom stereocenters. The van der Waals surface area contributed by atoms with Crippen LogP contribution in [0.1, 0.15) is 37.5 Å². The van der Waals surface area contributed by atoms with Gasteiger partial charge in [-0.3, -0.25) is 9.59 Å². The molecule has 3 aromatic rings. The zero-order valence-electron chi connectivity index (χ0n) is 15.9. The van der Waals surface area contributed by atoms with Gasteiger partial charge in [-0.2, -0.15) is 0 Å². The van der Waals surface area contributed by atoms with Crippen LogP contribution in [0.5, 0.6) is 0 Å². The highest BCUT2D eigenvalue weighted by Gasteiger charge is 2.11. The van der Waals surface area contributed by atoms with Crippen molar-refractivity contribution in [3.05, 3.63) is 75.8 Å². The van der Waals surface area contributed by atoms with Crippen molar-refractivity contribution >= 4 is 40.6 Å². The van der Waals surface area contributed by atoms with E-state index in [1.54, 1.807) is 42.3 Å². The van der Waals surface area contributed by atoms with E-state index in [9.17, 15) is 9.59 Å². The third kappa shape index (κ3) is 4.99. The number of carbonyl (C=O) groups is 2. The number of thioether (sulfide) groups is 1. The van der Waals surface area contributed by atoms with Gasteiger partial charge in [-0.05, 0) is 49.2 Å². The molecule has 0 aliphatic rings. The summed E-state index contributed by atoms with van der Waals surface area (Å²) < 4.78 is 1.05. The van der Waals surface area contributed by atoms with Crippen LogP contribution in [0.4, 0.5) is 5.69 Å². The molecule has 7 heteroatoms. The van der Waals surface area contributed by atoms with E-state index in [0.29, 0.717) is 16.8 Å². The van der Waals surface area contributed by atoms with Gasteiger partial charge in [0.25, 0.3) is 11.8 Å². The summed E-state index contributed by atoms with van der Waals surface area (Å²) in [5.74, 6) is 0.418. The first-order valence-corrected chi connectivity index (χ1v) is 10.6. The van der Waals surface area contributed by atoms with E-state index in [1.165, 1.54) is 0 Å². The highest BCUT2D eigenvalue weighted by molar-refractivity contribution is 8.00. The van der Waals surface area contributed by atoms with Crippen molar-refractivity contribution in [2.75, 3.05) is 12.4 Å². The zero-order chi connectivity index (χ0) is 20.1. The van der Waals surface area contributed by atoms with Gasteiger partial charge in [0, 0.05) is 40.7 Å². The Balaban J connectivity index is 1.65. The molecule has 0 saturated heterocycles. The van der Waals surface area contributed by atoms with Crippen molar-refractivity contribution in [1.29, 1.82) is 0 Å². The van der Waals surface area contributed by atoms with Gasteiger partial charge in [0.15, 0.2) is 0 Å². The van der Waals surface area contributed by atoms with Gasteiger partial charge in [0.1, 0.15) is 4.34 Å². The van der Waals surface area contributed by atoms with Crippen molar-refractivity contribution in [2.24, 2.45) is 0 Å². The van der Waals surface area contributed by atoms with Gasteiger partial charge >= 0.3 is 0 Å². The molecule has 28 heavy (non-hydrogen) atoms. The minimum Gasteiger partial charge on any atom is -0.355 e. The van der Waals surface area contributed by atoms with E-state index in [4.69, 9.17) is 0 Å². The van der Waals surface area contributed by atoms with Crippen molar-refractivity contribution in [2.45, 2.75) is 23.9 Å². The van der Waals surface area contributed by atoms with Crippen molar-refractivity contribution in [3.63, 3.8) is 0 Å². The molecule has 0 saturated carbocycles. The van der Waals surface area contributed by atoms with Gasteiger partial charge in [-0.25, -0.2) is 4.98 Å². The molecule has 2 N–H and O–H groups in total. The Hall–Kier alpha value is -2.64. The SMILES string of the molecule is CNC(=O)c1ccc(C)c(NC(=O)c2ccc(CSc3nc(C)cs3)cc2)c1. The third-order valence-corrected chi connectivity index (χ3v) is 6.36. The number of nitrogens with zero attached hydrogens (tertiary/aromatic N) is 1. The molecule has 1 heterocycles. The molecule has 0 aliphatic heterocycles. The fraction of sp³-hybridized carbons (Fsp3) is 0.190. The largest absolute Gasteiger partial charge is 0.355 e. The lowest BCUT2D eigenvalue weighted by Crippen LogP contribution is -2.19. The Labute approximate surface area is 172 Å². The molecule has 3 rings (SSSR count). The third-order valence-electron chi connectivity index (χ3n) is 4.15. The molecule has 0 bridgehead atoms. The maximum absolute atomic E-state index is 12.6. The topological polar surface area (TPSA) is 71.1 Å². The van der Waals surface area contributed by atoms with Crippen LogP contribution in [0.2, 0.25) is 0 Å². The predicted molar refractivity (Wildman–Crippen MR) is 115 cm³/mol. The summed E-state index contributed by atoms with van der Waals surface area (Å²) in [6, 6.07) is 12.8. The van der Waals surface area contributed by atoms with Crippen LogP contribution < -0.4 is 10.6 Å². The number of aryl methyl sites for hydroxylation is 2. The van der Waals surface area contributed by atoms with Crippen molar-refractivity contribution in [1.82, 2.24) is 10.3 Å². The van der Waals surface area contributed by atoms with Gasteiger partial charge in [-0.1, -0.05) is 30.0 Å². The van der Waals surface area contributed by atoms with Crippen LogP contribution in [-0.4, -0.2) is 23.8 Å². The first kappa shape index (κ1) is 20.1. The summed E-state index contributed by atoms with van der Waals surface area (Å²) >= 11 is 3.33. The Morgan fingerprint density at radius 2 is 1.75 bits per heavy atom. The van der Waals surface area contributed by atoms with Gasteiger partial charge in [0.05, 0.1) is 0 Å². The molecule has 2 aromatic carbocycles. The highest BCUT2D eigenvalue weighted by Crippen LogP contribution is 2.26. The van der Waals surface area contributed by atoms with Gasteiger partial charge in [0.2, 0.25) is 0 Å². The normalized spacial score (nSPS) is 10.5. The second-order valence-electron chi connectivity index (χ2n) is 6.30. The van der Waals surface area contributed by atoms with E-state index >= 15 is 0 Å². The average Bonchev–Trinajstić information content (AvgIpc) is 3.13. The molecule has 0 unspecified atom stereocenters. The minimum absolute atomic E-state index is 0.187. The molecule has 1 aromatic heterocycles. The van der Waals surface area contributed by atoms with E-state index in [1.807, 2.05) is 49.6 Å². The van der Waals surface area contributed by atoms with Crippen molar-refractivity contribution in [3.8, 4) is 0 Å². The molecule has 2 amide bonds. The van der Waals surface area contributed by atoms with Crippen LogP contribution in [-0.2, 0) is 5.75 Å². The lowest BCUT2D eigenvalue weighted by atomic mass is 10.1. The number of anilines is 1. The highest BCUT2D eigenvalue weighted by atomic mass is 32.2. The molecule has 144 valence electrons. The van der Waals surface area contributed by atoms with Gasteiger partial charge in [-0.15, -0.1) is 11.3 Å². The number of rotatable bonds is 6. The number of carbonyl (C=O) groups excluding carboxylic acids is 2. The summed E-state index contributed by atoms with van der Waals surface area (Å²) in [7, 11) is 1.58. The molecule has 0 fully saturated rings. The average molecular weight is 412 g/mol. The summed E-state index contributed by atoms with van der Waals surface area (Å²) in [4.78, 5) is 28.8. The fourth-order valence-corrected chi connectivity index (χ4v) is 4.34. The van der Waals surface area contributed by atoms with Crippen LogP contribution in [0, 0.1) is 13.8 Å². The molecular formula is C21H21N3O2S2. The monoisotopic (exact) mass is 411 g/mol. The number of hydrogen-bond donors (Lipinski definition) is 2. The first-order chi connectivity index (χ1) is 13.5. The summed E-state index contributed by atoms with van der Waals surface area (Å²) in [5, 5.41) is 7.52. The number of amides is 2. The molecule has 5 nitrogen and oxygen atoms in total. The Morgan fingerprint density at radius 1 is 1.04 bits per heavy atom. The standard InChI is InChI=1S/C21H21N3O2S2/c1-13-4-7-17(19(25)22-3)10-18(13)24-20(26)16-8-5-15(6-9-16)12-28-21-23-14(2)11-27-21/h4-11H,12H2,1-3H3,(H,22,25)(H,24,26). The van der Waals surface area contributed by atoms with E-state index in [-0.39, 0.29) is 11.8 Å². The number of aromatic nitrogens is 1. The van der Waals surface area contributed by atoms with E-state index in [0.717, 1.165) is 26.9 Å². The quantitative estimate of drug-likeness (QED) is 0.579. The van der Waals surface area contributed by atoms with Crippen LogP contribution in [0.25, 0.3) is 0 Å². The Kier molecular flexibility index (Phi) is 6.49.